The molecular formula is C18H18N4O3. The van der Waals surface area contributed by atoms with Crippen molar-refractivity contribution in [1.29, 1.82) is 0 Å². The molecular weight excluding hydrogens is 320 g/mol. The van der Waals surface area contributed by atoms with Gasteiger partial charge in [-0.3, -0.25) is 19.5 Å². The van der Waals surface area contributed by atoms with Crippen molar-refractivity contribution in [3.63, 3.8) is 0 Å². The molecule has 1 aromatic carbocycles. The van der Waals surface area contributed by atoms with Gasteiger partial charge < -0.3 is 10.2 Å². The summed E-state index contributed by atoms with van der Waals surface area (Å²) in [7, 11) is 1.61. The minimum atomic E-state index is -0.320. The monoisotopic (exact) mass is 338 g/mol. The highest BCUT2D eigenvalue weighted by Gasteiger charge is 2.34. The van der Waals surface area contributed by atoms with Gasteiger partial charge in [0.05, 0.1) is 11.1 Å². The van der Waals surface area contributed by atoms with Crippen molar-refractivity contribution >= 4 is 23.5 Å². The SMILES string of the molecule is Cc1cc(NC(=O)N(C)CCN2C(=O)c3ccccc3C2=O)ccn1. The van der Waals surface area contributed by atoms with E-state index >= 15 is 0 Å². The van der Waals surface area contributed by atoms with Crippen LogP contribution < -0.4 is 5.32 Å². The van der Waals surface area contributed by atoms with Crippen LogP contribution >= 0.6 is 0 Å². The number of carbonyl (C=O) groups excluding carboxylic acids is 3. The number of carbonyl (C=O) groups is 3. The Kier molecular flexibility index (Phi) is 4.47. The quantitative estimate of drug-likeness (QED) is 0.866. The fourth-order valence-corrected chi connectivity index (χ4v) is 2.64. The third-order valence-corrected chi connectivity index (χ3v) is 4.03. The topological polar surface area (TPSA) is 82.6 Å². The summed E-state index contributed by atoms with van der Waals surface area (Å²) in [6, 6.07) is 9.87. The molecule has 7 heteroatoms. The van der Waals surface area contributed by atoms with Gasteiger partial charge in [-0.1, -0.05) is 12.1 Å². The standard InChI is InChI=1S/C18H18N4O3/c1-12-11-13(7-8-19-12)20-18(25)21(2)9-10-22-16(23)14-5-3-4-6-15(14)17(22)24/h3-8,11H,9-10H2,1-2H3,(H,19,20,25). The van der Waals surface area contributed by atoms with Crippen LogP contribution in [0.25, 0.3) is 0 Å². The third-order valence-electron chi connectivity index (χ3n) is 4.03. The van der Waals surface area contributed by atoms with Crippen LogP contribution in [0.4, 0.5) is 10.5 Å². The number of amides is 4. The number of nitrogens with one attached hydrogen (secondary N) is 1. The summed E-state index contributed by atoms with van der Waals surface area (Å²) in [6.45, 7) is 2.22. The first kappa shape index (κ1) is 16.6. The van der Waals surface area contributed by atoms with Crippen LogP contribution in [-0.4, -0.2) is 52.8 Å². The molecule has 4 amide bonds. The zero-order valence-corrected chi connectivity index (χ0v) is 14.0. The van der Waals surface area contributed by atoms with Crippen LogP contribution in [0.1, 0.15) is 26.4 Å². The number of hydrogen-bond donors (Lipinski definition) is 1. The van der Waals surface area contributed by atoms with Crippen molar-refractivity contribution in [3.05, 3.63) is 59.4 Å². The molecule has 2 heterocycles. The molecule has 25 heavy (non-hydrogen) atoms. The number of fused-ring (bicyclic) bond motifs is 1. The second-order valence-electron chi connectivity index (χ2n) is 5.85. The van der Waals surface area contributed by atoms with Gasteiger partial charge in [0.2, 0.25) is 0 Å². The average Bonchev–Trinajstić information content (AvgIpc) is 2.84. The second kappa shape index (κ2) is 6.72. The average molecular weight is 338 g/mol. The van der Waals surface area contributed by atoms with E-state index in [0.717, 1.165) is 5.69 Å². The van der Waals surface area contributed by atoms with Gasteiger partial charge in [0.15, 0.2) is 0 Å². The van der Waals surface area contributed by atoms with E-state index in [0.29, 0.717) is 16.8 Å². The molecule has 0 saturated heterocycles. The Bertz CT molecular complexity index is 815. The van der Waals surface area contributed by atoms with Crippen LogP contribution in [0.3, 0.4) is 0 Å². The third kappa shape index (κ3) is 3.35. The molecule has 1 N–H and O–H groups in total. The lowest BCUT2D eigenvalue weighted by Crippen LogP contribution is -2.40. The Morgan fingerprint density at radius 2 is 1.80 bits per heavy atom. The maximum absolute atomic E-state index is 12.3. The van der Waals surface area contributed by atoms with E-state index in [4.69, 9.17) is 0 Å². The van der Waals surface area contributed by atoms with Crippen molar-refractivity contribution in [2.45, 2.75) is 6.92 Å². The minimum absolute atomic E-state index is 0.144. The lowest BCUT2D eigenvalue weighted by atomic mass is 10.1. The summed E-state index contributed by atoms with van der Waals surface area (Å²) in [5.74, 6) is -0.640. The zero-order chi connectivity index (χ0) is 18.0. The molecule has 1 aliphatic heterocycles. The first-order valence-corrected chi connectivity index (χ1v) is 7.87. The summed E-state index contributed by atoms with van der Waals surface area (Å²) in [5.41, 5.74) is 2.26. The van der Waals surface area contributed by atoms with Gasteiger partial charge in [-0.05, 0) is 31.2 Å². The van der Waals surface area contributed by atoms with E-state index in [2.05, 4.69) is 10.3 Å². The van der Waals surface area contributed by atoms with Gasteiger partial charge in [-0.15, -0.1) is 0 Å². The molecule has 1 aromatic heterocycles. The molecule has 0 unspecified atom stereocenters. The predicted molar refractivity (Wildman–Crippen MR) is 92.4 cm³/mol. The van der Waals surface area contributed by atoms with Gasteiger partial charge in [0.1, 0.15) is 0 Å². The van der Waals surface area contributed by atoms with Crippen molar-refractivity contribution in [3.8, 4) is 0 Å². The summed E-state index contributed by atoms with van der Waals surface area (Å²) in [5, 5.41) is 2.76. The van der Waals surface area contributed by atoms with Crippen LogP contribution in [0.2, 0.25) is 0 Å². The molecule has 7 nitrogen and oxygen atoms in total. The molecule has 0 bridgehead atoms. The van der Waals surface area contributed by atoms with E-state index in [1.165, 1.54) is 9.80 Å². The highest BCUT2D eigenvalue weighted by Crippen LogP contribution is 2.22. The summed E-state index contributed by atoms with van der Waals surface area (Å²) >= 11 is 0. The van der Waals surface area contributed by atoms with E-state index in [-0.39, 0.29) is 30.9 Å². The number of pyridine rings is 1. The van der Waals surface area contributed by atoms with Gasteiger partial charge in [0.25, 0.3) is 11.8 Å². The van der Waals surface area contributed by atoms with E-state index in [9.17, 15) is 14.4 Å². The Balaban J connectivity index is 1.59. The Morgan fingerprint density at radius 1 is 1.16 bits per heavy atom. The number of imide groups is 1. The molecule has 0 aliphatic carbocycles. The molecule has 128 valence electrons. The maximum Gasteiger partial charge on any atom is 0.321 e. The highest BCUT2D eigenvalue weighted by molar-refractivity contribution is 6.21. The number of urea groups is 1. The van der Waals surface area contributed by atoms with Gasteiger partial charge in [-0.2, -0.15) is 0 Å². The minimum Gasteiger partial charge on any atom is -0.326 e. The van der Waals surface area contributed by atoms with Crippen LogP contribution in [-0.2, 0) is 0 Å². The number of aromatic nitrogens is 1. The number of rotatable bonds is 4. The zero-order valence-electron chi connectivity index (χ0n) is 14.0. The molecule has 0 radical (unpaired) electrons. The maximum atomic E-state index is 12.3. The molecule has 0 fully saturated rings. The lowest BCUT2D eigenvalue weighted by molar-refractivity contribution is 0.0645. The van der Waals surface area contributed by atoms with Crippen LogP contribution in [0, 0.1) is 6.92 Å². The lowest BCUT2D eigenvalue weighted by Gasteiger charge is -2.21. The van der Waals surface area contributed by atoms with Crippen molar-refractivity contribution in [1.82, 2.24) is 14.8 Å². The van der Waals surface area contributed by atoms with Crippen molar-refractivity contribution in [2.75, 3.05) is 25.5 Å². The van der Waals surface area contributed by atoms with E-state index < -0.39 is 0 Å². The molecule has 0 atom stereocenters. The van der Waals surface area contributed by atoms with Gasteiger partial charge >= 0.3 is 6.03 Å². The van der Waals surface area contributed by atoms with Gasteiger partial charge in [0, 0.05) is 37.7 Å². The van der Waals surface area contributed by atoms with Crippen LogP contribution in [0.15, 0.2) is 42.6 Å². The largest absolute Gasteiger partial charge is 0.326 e. The number of likely N-dealkylation sites (N-methyl/N-ethyl adjacent to an activating group) is 1. The summed E-state index contributed by atoms with van der Waals surface area (Å²) in [4.78, 5) is 43.5. The summed E-state index contributed by atoms with van der Waals surface area (Å²) in [6.07, 6.45) is 1.61. The van der Waals surface area contributed by atoms with Crippen LogP contribution in [0.5, 0.6) is 0 Å². The molecule has 1 aliphatic rings. The highest BCUT2D eigenvalue weighted by atomic mass is 16.2. The first-order chi connectivity index (χ1) is 12.0. The van der Waals surface area contributed by atoms with E-state index in [1.54, 1.807) is 49.6 Å². The molecule has 3 rings (SSSR count). The Labute approximate surface area is 145 Å². The fraction of sp³-hybridized carbons (Fsp3) is 0.222. The number of hydrogen-bond acceptors (Lipinski definition) is 4. The molecule has 0 saturated carbocycles. The fourth-order valence-electron chi connectivity index (χ4n) is 2.64. The Morgan fingerprint density at radius 3 is 2.40 bits per heavy atom. The van der Waals surface area contributed by atoms with Crippen molar-refractivity contribution in [2.24, 2.45) is 0 Å². The normalized spacial score (nSPS) is 13.0. The number of aryl methyl sites for hydroxylation is 1. The first-order valence-electron chi connectivity index (χ1n) is 7.87. The summed E-state index contributed by atoms with van der Waals surface area (Å²) < 4.78 is 0. The predicted octanol–water partition coefficient (Wildman–Crippen LogP) is 2.15. The molecule has 2 aromatic rings. The second-order valence-corrected chi connectivity index (χ2v) is 5.85. The number of benzene rings is 1. The van der Waals surface area contributed by atoms with Gasteiger partial charge in [-0.25, -0.2) is 4.79 Å². The van der Waals surface area contributed by atoms with E-state index in [1.807, 2.05) is 6.92 Å². The number of anilines is 1. The molecule has 0 spiro atoms. The van der Waals surface area contributed by atoms with Crippen molar-refractivity contribution < 1.29 is 14.4 Å². The smallest absolute Gasteiger partial charge is 0.321 e. The Hall–Kier alpha value is -3.22. The number of nitrogens with zero attached hydrogens (tertiary/aromatic N) is 3.